The number of rotatable bonds is 6. The Balaban J connectivity index is 1.84. The van der Waals surface area contributed by atoms with E-state index in [1.807, 2.05) is 38.1 Å². The van der Waals surface area contributed by atoms with E-state index in [0.717, 1.165) is 16.5 Å². The van der Waals surface area contributed by atoms with Crippen LogP contribution in [0, 0.1) is 5.92 Å². The standard InChI is InChI=1S/C15H19ClN2O2/c1-10(2)15(19)18-8-7-17-9-12-11-5-3-4-6-13(11)20-14(12)16/h3-6,10,17H,7-9H2,1-2H3,(H,18,19). The van der Waals surface area contributed by atoms with E-state index in [1.54, 1.807) is 0 Å². The molecule has 0 aliphatic heterocycles. The van der Waals surface area contributed by atoms with Crippen LogP contribution in [0.2, 0.25) is 5.22 Å². The summed E-state index contributed by atoms with van der Waals surface area (Å²) in [6.07, 6.45) is 0. The molecule has 2 N–H and O–H groups in total. The van der Waals surface area contributed by atoms with Gasteiger partial charge in [-0.3, -0.25) is 4.79 Å². The van der Waals surface area contributed by atoms with Crippen molar-refractivity contribution in [3.63, 3.8) is 0 Å². The summed E-state index contributed by atoms with van der Waals surface area (Å²) in [5.41, 5.74) is 1.75. The third-order valence-corrected chi connectivity index (χ3v) is 3.38. The second-order valence-corrected chi connectivity index (χ2v) is 5.32. The number of amides is 1. The van der Waals surface area contributed by atoms with E-state index < -0.39 is 0 Å². The van der Waals surface area contributed by atoms with Crippen molar-refractivity contribution in [2.75, 3.05) is 13.1 Å². The molecule has 4 nitrogen and oxygen atoms in total. The Hall–Kier alpha value is -1.52. The van der Waals surface area contributed by atoms with Crippen molar-refractivity contribution in [2.24, 2.45) is 5.92 Å². The minimum absolute atomic E-state index is 0.0160. The smallest absolute Gasteiger partial charge is 0.222 e. The zero-order valence-corrected chi connectivity index (χ0v) is 12.5. The van der Waals surface area contributed by atoms with E-state index in [9.17, 15) is 4.79 Å². The molecule has 0 spiro atoms. The van der Waals surface area contributed by atoms with Crippen molar-refractivity contribution < 1.29 is 9.21 Å². The van der Waals surface area contributed by atoms with Gasteiger partial charge in [-0.2, -0.15) is 0 Å². The lowest BCUT2D eigenvalue weighted by molar-refractivity contribution is -0.123. The lowest BCUT2D eigenvalue weighted by Crippen LogP contribution is -2.34. The van der Waals surface area contributed by atoms with Crippen LogP contribution in [-0.2, 0) is 11.3 Å². The van der Waals surface area contributed by atoms with Crippen LogP contribution in [0.4, 0.5) is 0 Å². The number of nitrogens with one attached hydrogen (secondary N) is 2. The van der Waals surface area contributed by atoms with Gasteiger partial charge in [0.1, 0.15) is 5.58 Å². The largest absolute Gasteiger partial charge is 0.444 e. The van der Waals surface area contributed by atoms with E-state index in [2.05, 4.69) is 10.6 Å². The number of fused-ring (bicyclic) bond motifs is 1. The molecule has 0 aliphatic rings. The number of para-hydroxylation sites is 1. The molecule has 1 aromatic heterocycles. The number of benzene rings is 1. The van der Waals surface area contributed by atoms with Crippen LogP contribution in [-0.4, -0.2) is 19.0 Å². The third-order valence-electron chi connectivity index (χ3n) is 3.08. The van der Waals surface area contributed by atoms with Gasteiger partial charge >= 0.3 is 0 Å². The third kappa shape index (κ3) is 3.52. The minimum Gasteiger partial charge on any atom is -0.444 e. The summed E-state index contributed by atoms with van der Waals surface area (Å²) in [5.74, 6) is 0.0841. The molecule has 2 aromatic rings. The van der Waals surface area contributed by atoms with Crippen molar-refractivity contribution in [1.82, 2.24) is 10.6 Å². The summed E-state index contributed by atoms with van der Waals surface area (Å²) in [4.78, 5) is 11.4. The quantitative estimate of drug-likeness (QED) is 0.806. The Morgan fingerprint density at radius 3 is 2.80 bits per heavy atom. The highest BCUT2D eigenvalue weighted by Crippen LogP contribution is 2.29. The summed E-state index contributed by atoms with van der Waals surface area (Å²) in [6, 6.07) is 7.76. The molecule has 0 saturated heterocycles. The molecule has 1 aromatic carbocycles. The highest BCUT2D eigenvalue weighted by molar-refractivity contribution is 6.30. The Kier molecular flexibility index (Phi) is 5.04. The summed E-state index contributed by atoms with van der Waals surface area (Å²) < 4.78 is 5.48. The predicted molar refractivity (Wildman–Crippen MR) is 80.8 cm³/mol. The number of hydrogen-bond donors (Lipinski definition) is 2. The Bertz CT molecular complexity index is 593. The molecule has 5 heteroatoms. The molecular weight excluding hydrogens is 276 g/mol. The first-order valence-corrected chi connectivity index (χ1v) is 7.11. The van der Waals surface area contributed by atoms with Crippen molar-refractivity contribution >= 4 is 28.5 Å². The van der Waals surface area contributed by atoms with E-state index in [-0.39, 0.29) is 11.8 Å². The number of halogens is 1. The molecule has 0 bridgehead atoms. The number of furan rings is 1. The van der Waals surface area contributed by atoms with Crippen LogP contribution in [0.5, 0.6) is 0 Å². The highest BCUT2D eigenvalue weighted by Gasteiger charge is 2.11. The molecule has 2 rings (SSSR count). The zero-order chi connectivity index (χ0) is 14.5. The van der Waals surface area contributed by atoms with Gasteiger partial charge in [-0.15, -0.1) is 0 Å². The molecule has 0 radical (unpaired) electrons. The van der Waals surface area contributed by atoms with Gasteiger partial charge in [0.25, 0.3) is 0 Å². The van der Waals surface area contributed by atoms with Crippen LogP contribution in [0.1, 0.15) is 19.4 Å². The van der Waals surface area contributed by atoms with Gasteiger partial charge in [0.05, 0.1) is 0 Å². The molecule has 0 fully saturated rings. The second-order valence-electron chi connectivity index (χ2n) is 4.97. The van der Waals surface area contributed by atoms with Gasteiger partial charge < -0.3 is 15.1 Å². The minimum atomic E-state index is 0.0160. The SMILES string of the molecule is CC(C)C(=O)NCCNCc1c(Cl)oc2ccccc12. The number of carbonyl (C=O) groups excluding carboxylic acids is 1. The molecule has 0 aliphatic carbocycles. The monoisotopic (exact) mass is 294 g/mol. The van der Waals surface area contributed by atoms with E-state index >= 15 is 0 Å². The average molecular weight is 295 g/mol. The average Bonchev–Trinajstić information content (AvgIpc) is 2.74. The first-order valence-electron chi connectivity index (χ1n) is 6.74. The number of carbonyl (C=O) groups is 1. The predicted octanol–water partition coefficient (Wildman–Crippen LogP) is 2.95. The molecule has 1 amide bonds. The fourth-order valence-corrected chi connectivity index (χ4v) is 2.18. The van der Waals surface area contributed by atoms with Gasteiger partial charge in [0.2, 0.25) is 5.91 Å². The van der Waals surface area contributed by atoms with Gasteiger partial charge in [-0.25, -0.2) is 0 Å². The maximum Gasteiger partial charge on any atom is 0.222 e. The maximum atomic E-state index is 11.4. The summed E-state index contributed by atoms with van der Waals surface area (Å²) >= 11 is 6.10. The highest BCUT2D eigenvalue weighted by atomic mass is 35.5. The lowest BCUT2D eigenvalue weighted by Gasteiger charge is -2.08. The molecule has 1 heterocycles. The lowest BCUT2D eigenvalue weighted by atomic mass is 10.2. The first kappa shape index (κ1) is 14.9. The van der Waals surface area contributed by atoms with Gasteiger partial charge in [0, 0.05) is 36.5 Å². The van der Waals surface area contributed by atoms with Crippen LogP contribution in [0.3, 0.4) is 0 Å². The normalized spacial score (nSPS) is 11.2. The van der Waals surface area contributed by atoms with E-state index in [1.165, 1.54) is 0 Å². The van der Waals surface area contributed by atoms with Gasteiger partial charge in [0.15, 0.2) is 5.22 Å². The molecule has 0 saturated carbocycles. The van der Waals surface area contributed by atoms with Crippen molar-refractivity contribution in [3.05, 3.63) is 35.0 Å². The zero-order valence-electron chi connectivity index (χ0n) is 11.7. The molecule has 0 unspecified atom stereocenters. The summed E-state index contributed by atoms with van der Waals surface area (Å²) in [7, 11) is 0. The maximum absolute atomic E-state index is 11.4. The Morgan fingerprint density at radius 2 is 2.05 bits per heavy atom. The van der Waals surface area contributed by atoms with Crippen molar-refractivity contribution in [3.8, 4) is 0 Å². The van der Waals surface area contributed by atoms with Gasteiger partial charge in [-0.1, -0.05) is 32.0 Å². The molecule has 108 valence electrons. The van der Waals surface area contributed by atoms with Crippen LogP contribution in [0.15, 0.2) is 28.7 Å². The van der Waals surface area contributed by atoms with Gasteiger partial charge in [-0.05, 0) is 17.7 Å². The van der Waals surface area contributed by atoms with Crippen molar-refractivity contribution in [2.45, 2.75) is 20.4 Å². The van der Waals surface area contributed by atoms with Crippen LogP contribution < -0.4 is 10.6 Å². The Labute approximate surface area is 123 Å². The first-order chi connectivity index (χ1) is 9.59. The van der Waals surface area contributed by atoms with Crippen LogP contribution in [0.25, 0.3) is 11.0 Å². The topological polar surface area (TPSA) is 54.3 Å². The Morgan fingerprint density at radius 1 is 1.30 bits per heavy atom. The summed E-state index contributed by atoms with van der Waals surface area (Å²) in [5, 5.41) is 7.56. The van der Waals surface area contributed by atoms with Crippen molar-refractivity contribution in [1.29, 1.82) is 0 Å². The molecule has 0 atom stereocenters. The second kappa shape index (κ2) is 6.77. The molecule has 20 heavy (non-hydrogen) atoms. The fraction of sp³-hybridized carbons (Fsp3) is 0.400. The molecular formula is C15H19ClN2O2. The van der Waals surface area contributed by atoms with E-state index in [0.29, 0.717) is 24.9 Å². The van der Waals surface area contributed by atoms with E-state index in [4.69, 9.17) is 16.0 Å². The fourth-order valence-electron chi connectivity index (χ4n) is 1.93. The number of hydrogen-bond acceptors (Lipinski definition) is 3. The van der Waals surface area contributed by atoms with Crippen LogP contribution >= 0.6 is 11.6 Å². The summed E-state index contributed by atoms with van der Waals surface area (Å²) in [6.45, 7) is 5.66.